The number of amides is 4. The molecule has 2 aromatic rings. The van der Waals surface area contributed by atoms with E-state index < -0.39 is 40.9 Å². The van der Waals surface area contributed by atoms with Crippen molar-refractivity contribution in [1.82, 2.24) is 19.6 Å². The molecule has 0 aromatic carbocycles. The van der Waals surface area contributed by atoms with Crippen LogP contribution in [0.3, 0.4) is 0 Å². The predicted octanol–water partition coefficient (Wildman–Crippen LogP) is -1.48. The maximum Gasteiger partial charge on any atom is 0.352 e. The molecular weight excluding hydrogens is 502 g/mol. The highest BCUT2D eigenvalue weighted by Crippen LogP contribution is 2.40. The topological polar surface area (TPSA) is 230 Å². The number of carbonyl (C=O) groups is 4. The molecule has 4 heterocycles. The first-order valence-electron chi connectivity index (χ1n) is 9.77. The molecule has 1 fully saturated rings. The maximum absolute atomic E-state index is 12.9. The number of thioether (sulfide) groups is 1. The summed E-state index contributed by atoms with van der Waals surface area (Å²) >= 11 is 2.06. The summed E-state index contributed by atoms with van der Waals surface area (Å²) in [5.41, 5.74) is 10.8. The number of carbonyl (C=O) groups excluding carboxylic acids is 3. The average molecular weight is 521 g/mol. The normalized spacial score (nSPS) is 19.6. The molecule has 0 bridgehead atoms. The van der Waals surface area contributed by atoms with E-state index in [0.717, 1.165) is 16.4 Å². The molecule has 1 saturated heterocycles. The summed E-state index contributed by atoms with van der Waals surface area (Å²) in [5.74, 6) is -2.79. The minimum Gasteiger partial charge on any atom is -0.477 e. The number of aliphatic carboxylic acids is 1. The fraction of sp³-hybridized carbons (Fsp3) is 0.222. The smallest absolute Gasteiger partial charge is 0.352 e. The third kappa shape index (κ3) is 4.71. The van der Waals surface area contributed by atoms with Gasteiger partial charge in [-0.2, -0.15) is 13.9 Å². The molecule has 2 aliphatic heterocycles. The lowest BCUT2D eigenvalue weighted by atomic mass is 10.0. The number of hydrogen-bond donors (Lipinski definition) is 6. The van der Waals surface area contributed by atoms with Crippen LogP contribution in [0.1, 0.15) is 5.82 Å². The second-order valence-electron chi connectivity index (χ2n) is 7.28. The SMILES string of the molecule is NC(=O)Nc1ccc[n+](CC2=C(C(=O)O)N3C(=O)[C@@H](NC(=O)/C(=N\O)c4nsc(N)n4)[C@H]3SC2)c1. The average Bonchev–Trinajstić information content (AvgIpc) is 3.23. The highest BCUT2D eigenvalue weighted by atomic mass is 32.2. The van der Waals surface area contributed by atoms with Gasteiger partial charge in [0.15, 0.2) is 24.1 Å². The zero-order valence-corrected chi connectivity index (χ0v) is 19.2. The fourth-order valence-corrected chi connectivity index (χ4v) is 5.36. The third-order valence-corrected chi connectivity index (χ3v) is 6.89. The van der Waals surface area contributed by atoms with Gasteiger partial charge in [0.05, 0.1) is 0 Å². The van der Waals surface area contributed by atoms with E-state index >= 15 is 0 Å². The fourth-order valence-electron chi connectivity index (χ4n) is 3.59. The summed E-state index contributed by atoms with van der Waals surface area (Å²) in [5, 5.41) is 26.2. The number of nitrogens with one attached hydrogen (secondary N) is 2. The molecule has 0 radical (unpaired) electrons. The number of β-lactam (4-membered cyclic amide) rings is 1. The molecule has 4 amide bonds. The molecule has 17 heteroatoms. The van der Waals surface area contributed by atoms with Crippen molar-refractivity contribution >= 4 is 63.6 Å². The number of anilines is 2. The number of carboxylic acids is 1. The molecule has 15 nitrogen and oxygen atoms in total. The van der Waals surface area contributed by atoms with Crippen LogP contribution < -0.4 is 26.7 Å². The van der Waals surface area contributed by atoms with Crippen LogP contribution >= 0.6 is 23.3 Å². The number of nitrogen functional groups attached to an aromatic ring is 1. The van der Waals surface area contributed by atoms with Crippen molar-refractivity contribution in [3.63, 3.8) is 0 Å². The van der Waals surface area contributed by atoms with E-state index in [2.05, 4.69) is 25.1 Å². The minimum absolute atomic E-state index is 0.0558. The van der Waals surface area contributed by atoms with Gasteiger partial charge in [0.1, 0.15) is 22.8 Å². The number of primary amides is 1. The largest absolute Gasteiger partial charge is 0.477 e. The van der Waals surface area contributed by atoms with E-state index in [1.807, 2.05) is 0 Å². The van der Waals surface area contributed by atoms with Crippen LogP contribution in [0.15, 0.2) is 41.0 Å². The van der Waals surface area contributed by atoms with Gasteiger partial charge in [0, 0.05) is 28.9 Å². The first kappa shape index (κ1) is 23.9. The summed E-state index contributed by atoms with van der Waals surface area (Å²) in [6.45, 7) is 0.134. The van der Waals surface area contributed by atoms with Gasteiger partial charge in [-0.25, -0.2) is 9.59 Å². The Morgan fingerprint density at radius 2 is 2.14 bits per heavy atom. The molecule has 8 N–H and O–H groups in total. The van der Waals surface area contributed by atoms with E-state index in [-0.39, 0.29) is 29.0 Å². The highest BCUT2D eigenvalue weighted by Gasteiger charge is 2.54. The monoisotopic (exact) mass is 520 g/mol. The van der Waals surface area contributed by atoms with Crippen molar-refractivity contribution < 1.29 is 34.1 Å². The first-order chi connectivity index (χ1) is 16.7. The molecule has 0 spiro atoms. The standard InChI is InChI=1S/C18H17N9O6S2/c19-17(32)21-8-2-1-3-26(5-8)4-7-6-34-15-10(14(29)27(15)11(7)16(30)31)22-13(28)9(24-33)12-23-18(20)35-25-12/h1-3,5,10,15H,4,6H2,(H7-,19,20,21,22,23,25,28,30,31,32,33)/p+1/t10-,15-/m1/s1. The van der Waals surface area contributed by atoms with Crippen molar-refractivity contribution in [3.05, 3.63) is 41.6 Å². The molecule has 2 aliphatic rings. The number of fused-ring (bicyclic) bond motifs is 1. The highest BCUT2D eigenvalue weighted by molar-refractivity contribution is 8.00. The second-order valence-corrected chi connectivity index (χ2v) is 9.17. The van der Waals surface area contributed by atoms with Gasteiger partial charge in [0.2, 0.25) is 11.5 Å². The van der Waals surface area contributed by atoms with Gasteiger partial charge in [-0.05, 0) is 6.07 Å². The summed E-state index contributed by atoms with van der Waals surface area (Å²) in [7, 11) is 0. The molecular formula is C18H18N9O6S2+. The van der Waals surface area contributed by atoms with E-state index in [4.69, 9.17) is 11.5 Å². The third-order valence-electron chi connectivity index (χ3n) is 5.00. The molecule has 0 unspecified atom stereocenters. The van der Waals surface area contributed by atoms with E-state index in [1.54, 1.807) is 29.1 Å². The van der Waals surface area contributed by atoms with Crippen LogP contribution in [0.2, 0.25) is 0 Å². The number of urea groups is 1. The van der Waals surface area contributed by atoms with Gasteiger partial charge < -0.3 is 32.4 Å². The van der Waals surface area contributed by atoms with Crippen molar-refractivity contribution in [2.45, 2.75) is 18.0 Å². The van der Waals surface area contributed by atoms with Crippen LogP contribution in [0.25, 0.3) is 0 Å². The number of carboxylic acid groups (broad SMARTS) is 1. The molecule has 2 aromatic heterocycles. The number of aromatic nitrogens is 3. The van der Waals surface area contributed by atoms with Crippen LogP contribution in [-0.2, 0) is 20.9 Å². The summed E-state index contributed by atoms with van der Waals surface area (Å²) in [6, 6.07) is 1.47. The molecule has 35 heavy (non-hydrogen) atoms. The van der Waals surface area contributed by atoms with Crippen LogP contribution in [0.5, 0.6) is 0 Å². The van der Waals surface area contributed by atoms with Crippen LogP contribution in [-0.4, -0.2) is 71.3 Å². The number of pyridine rings is 1. The number of nitrogens with zero attached hydrogens (tertiary/aromatic N) is 5. The van der Waals surface area contributed by atoms with Crippen molar-refractivity contribution in [2.75, 3.05) is 16.8 Å². The number of hydrogen-bond acceptors (Lipinski definition) is 11. The maximum atomic E-state index is 12.9. The number of nitrogens with two attached hydrogens (primary N) is 2. The zero-order chi connectivity index (χ0) is 25.3. The van der Waals surface area contributed by atoms with E-state index in [9.17, 15) is 29.5 Å². The molecule has 182 valence electrons. The Morgan fingerprint density at radius 3 is 2.77 bits per heavy atom. The van der Waals surface area contributed by atoms with Gasteiger partial charge in [0.25, 0.3) is 11.8 Å². The van der Waals surface area contributed by atoms with Gasteiger partial charge in [-0.3, -0.25) is 14.5 Å². The number of oxime groups is 1. The molecule has 2 atom stereocenters. The zero-order valence-electron chi connectivity index (χ0n) is 17.6. The Kier molecular flexibility index (Phi) is 6.52. The lowest BCUT2D eigenvalue weighted by Gasteiger charge is -2.49. The van der Waals surface area contributed by atoms with Gasteiger partial charge in [-0.15, -0.1) is 11.8 Å². The Morgan fingerprint density at radius 1 is 1.37 bits per heavy atom. The lowest BCUT2D eigenvalue weighted by molar-refractivity contribution is -0.688. The van der Waals surface area contributed by atoms with Gasteiger partial charge >= 0.3 is 12.0 Å². The Bertz CT molecular complexity index is 1290. The molecule has 4 rings (SSSR count). The lowest BCUT2D eigenvalue weighted by Crippen LogP contribution is -2.71. The minimum atomic E-state index is -1.30. The molecule has 0 saturated carbocycles. The quantitative estimate of drug-likeness (QED) is 0.0814. The summed E-state index contributed by atoms with van der Waals surface area (Å²) < 4.78 is 5.45. The van der Waals surface area contributed by atoms with Crippen molar-refractivity contribution in [2.24, 2.45) is 10.9 Å². The Labute approximate surface area is 204 Å². The Balaban J connectivity index is 1.52. The van der Waals surface area contributed by atoms with Crippen LogP contribution in [0.4, 0.5) is 15.6 Å². The summed E-state index contributed by atoms with van der Waals surface area (Å²) in [4.78, 5) is 53.5. The molecule has 0 aliphatic carbocycles. The van der Waals surface area contributed by atoms with E-state index in [1.165, 1.54) is 11.8 Å². The first-order valence-corrected chi connectivity index (χ1v) is 11.6. The second kappa shape index (κ2) is 9.55. The van der Waals surface area contributed by atoms with E-state index in [0.29, 0.717) is 11.3 Å². The van der Waals surface area contributed by atoms with Gasteiger partial charge in [-0.1, -0.05) is 5.16 Å². The summed E-state index contributed by atoms with van der Waals surface area (Å²) in [6.07, 6.45) is 3.25. The van der Waals surface area contributed by atoms with Crippen molar-refractivity contribution in [1.29, 1.82) is 0 Å². The number of rotatable bonds is 7. The predicted molar refractivity (Wildman–Crippen MR) is 122 cm³/mol. The Hall–Kier alpha value is -4.25. The van der Waals surface area contributed by atoms with Crippen molar-refractivity contribution in [3.8, 4) is 0 Å². The van der Waals surface area contributed by atoms with Crippen LogP contribution in [0, 0.1) is 0 Å².